The number of hydrogen-bond acceptors (Lipinski definition) is 4. The summed E-state index contributed by atoms with van der Waals surface area (Å²) >= 11 is 0. The summed E-state index contributed by atoms with van der Waals surface area (Å²) in [5.41, 5.74) is 5.70. The van der Waals surface area contributed by atoms with E-state index in [4.69, 9.17) is 5.21 Å². The number of hydroxylamine groups is 1. The van der Waals surface area contributed by atoms with E-state index >= 15 is 0 Å². The third kappa shape index (κ3) is 7.79. The van der Waals surface area contributed by atoms with Crippen LogP contribution in [0.2, 0.25) is 0 Å². The summed E-state index contributed by atoms with van der Waals surface area (Å²) < 4.78 is 0. The molecule has 7 nitrogen and oxygen atoms in total. The quantitative estimate of drug-likeness (QED) is 0.308. The highest BCUT2D eigenvalue weighted by Crippen LogP contribution is 2.16. The molecule has 3 aromatic carbocycles. The Morgan fingerprint density at radius 1 is 0.829 bits per heavy atom. The molecule has 0 aliphatic rings. The first kappa shape index (κ1) is 25.6. The molecule has 0 saturated heterocycles. The Bertz CT molecular complexity index is 1130. The molecule has 3 amide bonds. The minimum Gasteiger partial charge on any atom is -0.350 e. The Morgan fingerprint density at radius 3 is 2.06 bits per heavy atom. The van der Waals surface area contributed by atoms with Crippen molar-refractivity contribution in [3.8, 4) is 0 Å². The maximum absolute atomic E-state index is 13.2. The predicted octanol–water partition coefficient (Wildman–Crippen LogP) is 3.82. The molecule has 0 fully saturated rings. The molecule has 3 rings (SSSR count). The zero-order chi connectivity index (χ0) is 25.2. The molecule has 0 heterocycles. The van der Waals surface area contributed by atoms with E-state index in [0.717, 1.165) is 16.7 Å². The van der Waals surface area contributed by atoms with Gasteiger partial charge in [0.1, 0.15) is 0 Å². The summed E-state index contributed by atoms with van der Waals surface area (Å²) in [6, 6.07) is 24.0. The minimum absolute atomic E-state index is 0.0887. The minimum atomic E-state index is -0.616. The van der Waals surface area contributed by atoms with Gasteiger partial charge in [-0.1, -0.05) is 80.6 Å². The molecule has 0 saturated carbocycles. The van der Waals surface area contributed by atoms with Crippen molar-refractivity contribution in [1.29, 1.82) is 0 Å². The summed E-state index contributed by atoms with van der Waals surface area (Å²) in [4.78, 5) is 39.0. The van der Waals surface area contributed by atoms with E-state index in [1.165, 1.54) is 10.5 Å². The summed E-state index contributed by atoms with van der Waals surface area (Å²) in [5.74, 6) is -0.641. The predicted molar refractivity (Wildman–Crippen MR) is 134 cm³/mol. The third-order valence-corrected chi connectivity index (χ3v) is 5.71. The second kappa shape index (κ2) is 12.5. The van der Waals surface area contributed by atoms with E-state index in [0.29, 0.717) is 18.0 Å². The highest BCUT2D eigenvalue weighted by molar-refractivity contribution is 5.93. The maximum atomic E-state index is 13.2. The largest absolute Gasteiger partial charge is 0.350 e. The first-order valence-electron chi connectivity index (χ1n) is 11.6. The van der Waals surface area contributed by atoms with Crippen LogP contribution in [-0.4, -0.2) is 34.4 Å². The monoisotopic (exact) mass is 473 g/mol. The van der Waals surface area contributed by atoms with Gasteiger partial charge >= 0.3 is 0 Å². The Kier molecular flexibility index (Phi) is 9.15. The van der Waals surface area contributed by atoms with E-state index in [1.54, 1.807) is 29.7 Å². The van der Waals surface area contributed by atoms with Crippen molar-refractivity contribution in [1.82, 2.24) is 15.7 Å². The average molecular weight is 474 g/mol. The highest BCUT2D eigenvalue weighted by atomic mass is 16.5. The summed E-state index contributed by atoms with van der Waals surface area (Å²) in [6.07, 6.45) is 0.176. The molecular formula is C28H31N3O4. The molecule has 3 N–H and O–H groups in total. The molecule has 0 unspecified atom stereocenters. The molecule has 0 aliphatic heterocycles. The Labute approximate surface area is 205 Å². The van der Waals surface area contributed by atoms with E-state index in [9.17, 15) is 14.4 Å². The molecular weight excluding hydrogens is 442 g/mol. The number of hydrogen-bond donors (Lipinski definition) is 3. The third-order valence-electron chi connectivity index (χ3n) is 5.71. The zero-order valence-corrected chi connectivity index (χ0v) is 20.0. The first-order valence-corrected chi connectivity index (χ1v) is 11.6. The number of nitrogens with one attached hydrogen (secondary N) is 2. The van der Waals surface area contributed by atoms with Gasteiger partial charge in [0.25, 0.3) is 5.91 Å². The molecule has 0 atom stereocenters. The number of carbonyl (C=O) groups is 3. The SMILES string of the molecule is CC(C)c1ccc(CC(=O)N(CC(=O)NCc2ccccc2)Cc2ccc(C(=O)NO)cc2)cc1. The molecule has 3 aromatic rings. The van der Waals surface area contributed by atoms with Gasteiger partial charge in [-0.05, 0) is 40.3 Å². The maximum Gasteiger partial charge on any atom is 0.274 e. The first-order chi connectivity index (χ1) is 16.9. The van der Waals surface area contributed by atoms with Crippen LogP contribution in [0.25, 0.3) is 0 Å². The number of nitrogens with zero attached hydrogens (tertiary/aromatic N) is 1. The number of amides is 3. The fourth-order valence-electron chi connectivity index (χ4n) is 3.61. The van der Waals surface area contributed by atoms with Crippen LogP contribution in [0.4, 0.5) is 0 Å². The molecule has 0 spiro atoms. The van der Waals surface area contributed by atoms with Crippen LogP contribution in [0.5, 0.6) is 0 Å². The van der Waals surface area contributed by atoms with Gasteiger partial charge in [-0.15, -0.1) is 0 Å². The molecule has 0 aromatic heterocycles. The number of carbonyl (C=O) groups excluding carboxylic acids is 3. The molecule has 0 bridgehead atoms. The van der Waals surface area contributed by atoms with Crippen molar-refractivity contribution in [3.63, 3.8) is 0 Å². The van der Waals surface area contributed by atoms with Gasteiger partial charge in [0, 0.05) is 18.7 Å². The fourth-order valence-corrected chi connectivity index (χ4v) is 3.61. The molecule has 0 aliphatic carbocycles. The van der Waals surface area contributed by atoms with Crippen LogP contribution in [0.15, 0.2) is 78.9 Å². The number of rotatable bonds is 10. The van der Waals surface area contributed by atoms with Crippen LogP contribution in [0, 0.1) is 0 Å². The van der Waals surface area contributed by atoms with Crippen molar-refractivity contribution in [2.45, 2.75) is 39.3 Å². The molecule has 182 valence electrons. The molecule has 7 heteroatoms. The van der Waals surface area contributed by atoms with Crippen molar-refractivity contribution >= 4 is 17.7 Å². The standard InChI is InChI=1S/C28H31N3O4/c1-20(2)24-12-8-21(9-13-24)16-27(33)31(18-23-10-14-25(15-11-23)28(34)30-35)19-26(32)29-17-22-6-4-3-5-7-22/h3-15,20,35H,16-19H2,1-2H3,(H,29,32)(H,30,34). The van der Waals surface area contributed by atoms with Crippen LogP contribution in [0.1, 0.15) is 52.4 Å². The topological polar surface area (TPSA) is 98.7 Å². The van der Waals surface area contributed by atoms with Crippen LogP contribution in [-0.2, 0) is 29.1 Å². The molecule has 0 radical (unpaired) electrons. The van der Waals surface area contributed by atoms with Crippen LogP contribution >= 0.6 is 0 Å². The lowest BCUT2D eigenvalue weighted by Crippen LogP contribution is -2.40. The Balaban J connectivity index is 1.71. The average Bonchev–Trinajstić information content (AvgIpc) is 2.88. The van der Waals surface area contributed by atoms with Gasteiger partial charge in [0.2, 0.25) is 11.8 Å². The van der Waals surface area contributed by atoms with Crippen molar-refractivity contribution < 1.29 is 19.6 Å². The molecule has 35 heavy (non-hydrogen) atoms. The van der Waals surface area contributed by atoms with Gasteiger partial charge in [0.05, 0.1) is 13.0 Å². The van der Waals surface area contributed by atoms with Crippen LogP contribution < -0.4 is 10.8 Å². The smallest absolute Gasteiger partial charge is 0.274 e. The van der Waals surface area contributed by atoms with Crippen molar-refractivity contribution in [2.75, 3.05) is 6.54 Å². The lowest BCUT2D eigenvalue weighted by Gasteiger charge is -2.23. The summed E-state index contributed by atoms with van der Waals surface area (Å²) in [5, 5.41) is 11.7. The van der Waals surface area contributed by atoms with Crippen LogP contribution in [0.3, 0.4) is 0 Å². The van der Waals surface area contributed by atoms with Gasteiger partial charge in [-0.25, -0.2) is 5.48 Å². The second-order valence-corrected chi connectivity index (χ2v) is 8.72. The van der Waals surface area contributed by atoms with Gasteiger partial charge in [0.15, 0.2) is 0 Å². The van der Waals surface area contributed by atoms with Crippen molar-refractivity contribution in [2.24, 2.45) is 0 Å². The lowest BCUT2D eigenvalue weighted by molar-refractivity contribution is -0.136. The van der Waals surface area contributed by atoms with E-state index in [2.05, 4.69) is 19.2 Å². The highest BCUT2D eigenvalue weighted by Gasteiger charge is 2.19. The fraction of sp³-hybridized carbons (Fsp3) is 0.250. The lowest BCUT2D eigenvalue weighted by atomic mass is 10.0. The van der Waals surface area contributed by atoms with Gasteiger partial charge in [-0.3, -0.25) is 19.6 Å². The Hall–Kier alpha value is -3.97. The van der Waals surface area contributed by atoms with E-state index < -0.39 is 5.91 Å². The number of benzene rings is 3. The van der Waals surface area contributed by atoms with E-state index in [1.807, 2.05) is 54.6 Å². The van der Waals surface area contributed by atoms with Gasteiger partial charge in [-0.2, -0.15) is 0 Å². The van der Waals surface area contributed by atoms with Crippen molar-refractivity contribution in [3.05, 3.63) is 107 Å². The summed E-state index contributed by atoms with van der Waals surface area (Å²) in [7, 11) is 0. The summed E-state index contributed by atoms with van der Waals surface area (Å²) in [6.45, 7) is 4.73. The second-order valence-electron chi connectivity index (χ2n) is 8.72. The normalized spacial score (nSPS) is 10.6. The van der Waals surface area contributed by atoms with Gasteiger partial charge < -0.3 is 10.2 Å². The van der Waals surface area contributed by atoms with E-state index in [-0.39, 0.29) is 31.3 Å². The zero-order valence-electron chi connectivity index (χ0n) is 20.0. The Morgan fingerprint density at radius 2 is 1.46 bits per heavy atom.